The van der Waals surface area contributed by atoms with Gasteiger partial charge >= 0.3 is 0 Å². The van der Waals surface area contributed by atoms with Crippen LogP contribution in [0.15, 0.2) is 81.7 Å². The Balaban J connectivity index is 1.78. The highest BCUT2D eigenvalue weighted by atomic mass is 79.9. The molecule has 2 atom stereocenters. The van der Waals surface area contributed by atoms with Crippen LogP contribution >= 0.6 is 31.9 Å². The molecule has 0 aromatic heterocycles. The number of rotatable bonds is 6. The number of Topliss-reactive ketones (excluding diaryl/α,β-unsaturated/α-hetero) is 1. The molecule has 5 nitrogen and oxygen atoms in total. The van der Waals surface area contributed by atoms with E-state index in [-0.39, 0.29) is 5.78 Å². The van der Waals surface area contributed by atoms with Crippen LogP contribution in [0.25, 0.3) is 32.6 Å². The van der Waals surface area contributed by atoms with Crippen molar-refractivity contribution < 1.29 is 14.4 Å². The first-order valence-corrected chi connectivity index (χ1v) is 11.4. The summed E-state index contributed by atoms with van der Waals surface area (Å²) in [4.78, 5) is 19.9. The van der Waals surface area contributed by atoms with Crippen molar-refractivity contribution in [1.29, 1.82) is 0 Å². The van der Waals surface area contributed by atoms with Crippen LogP contribution in [0.1, 0.15) is 23.0 Å². The van der Waals surface area contributed by atoms with Crippen molar-refractivity contribution in [1.82, 2.24) is 0 Å². The van der Waals surface area contributed by atoms with Crippen molar-refractivity contribution in [3.8, 4) is 0 Å². The summed E-state index contributed by atoms with van der Waals surface area (Å²) in [5.41, 5.74) is 19.9. The van der Waals surface area contributed by atoms with Gasteiger partial charge < -0.3 is 11.1 Å². The molecule has 0 spiro atoms. The molecule has 4 aromatic carbocycles. The second-order valence-corrected chi connectivity index (χ2v) is 9.22. The first-order chi connectivity index (χ1) is 15.5. The van der Waals surface area contributed by atoms with Gasteiger partial charge in [0, 0.05) is 8.95 Å². The topological polar surface area (TPSA) is 89.9 Å². The van der Waals surface area contributed by atoms with E-state index < -0.39 is 11.8 Å². The molecule has 0 amide bonds. The van der Waals surface area contributed by atoms with Gasteiger partial charge in [-0.25, -0.2) is 0 Å². The fourth-order valence-electron chi connectivity index (χ4n) is 3.83. The first kappa shape index (κ1) is 22.0. The second-order valence-electron chi connectivity index (χ2n) is 7.39. The zero-order valence-corrected chi connectivity index (χ0v) is 19.9. The molecule has 0 saturated carbocycles. The minimum absolute atomic E-state index is 0.270. The van der Waals surface area contributed by atoms with E-state index in [1.54, 1.807) is 0 Å². The molecule has 4 rings (SSSR count). The molecule has 0 heterocycles. The monoisotopic (exact) mass is 546 g/mol. The molecule has 0 N–H and O–H groups in total. The third kappa shape index (κ3) is 4.52. The molecular formula is C25H16Br2N4O. The van der Waals surface area contributed by atoms with E-state index >= 15 is 0 Å². The molecule has 4 aromatic rings. The number of benzene rings is 4. The molecule has 7 heteroatoms. The van der Waals surface area contributed by atoms with E-state index in [9.17, 15) is 15.9 Å². The summed E-state index contributed by atoms with van der Waals surface area (Å²) >= 11 is 6.92. The highest BCUT2D eigenvalue weighted by molar-refractivity contribution is 9.10. The molecule has 156 valence electrons. The Hall–Kier alpha value is -3.21. The number of carbonyl (C=O) groups excluding carboxylic acids is 1. The predicted octanol–water partition coefficient (Wildman–Crippen LogP) is 6.56. The number of carbonyl (C=O) groups is 1. The molecule has 2 unspecified atom stereocenters. The lowest BCUT2D eigenvalue weighted by atomic mass is 9.83. The maximum Gasteiger partial charge on any atom is 0.272 e. The molecule has 0 radical (unpaired) electrons. The van der Waals surface area contributed by atoms with Gasteiger partial charge in [-0.15, -0.1) is 0 Å². The molecule has 0 aliphatic carbocycles. The lowest BCUT2D eigenvalue weighted by molar-refractivity contribution is -0.120. The van der Waals surface area contributed by atoms with Crippen LogP contribution in [-0.2, 0) is 4.79 Å². The van der Waals surface area contributed by atoms with Crippen LogP contribution in [0.2, 0.25) is 0 Å². The average molecular weight is 548 g/mol. The third-order valence-corrected chi connectivity index (χ3v) is 6.40. The van der Waals surface area contributed by atoms with Crippen LogP contribution < -0.4 is 0 Å². The lowest BCUT2D eigenvalue weighted by Crippen LogP contribution is -2.23. The molecule has 0 fully saturated rings. The Bertz CT molecular complexity index is 1340. The first-order valence-electron chi connectivity index (χ1n) is 9.77. The minimum Gasteiger partial charge on any atom is -0.362 e. The SMILES string of the molecule is [N-]=[N+]=CC(C(=O)C(C=[N+]=[N-])c1ccc2cc(Br)ccc2c1)c1ccc2cc(Br)ccc2c1. The number of hydrogen-bond donors (Lipinski definition) is 0. The summed E-state index contributed by atoms with van der Waals surface area (Å²) in [6.45, 7) is 0. The van der Waals surface area contributed by atoms with E-state index in [0.29, 0.717) is 11.1 Å². The van der Waals surface area contributed by atoms with Crippen molar-refractivity contribution >= 4 is 71.6 Å². The van der Waals surface area contributed by atoms with Gasteiger partial charge in [0.05, 0.1) is 0 Å². The van der Waals surface area contributed by atoms with Crippen LogP contribution in [-0.4, -0.2) is 27.8 Å². The number of nitrogens with zero attached hydrogens (tertiary/aromatic N) is 4. The quantitative estimate of drug-likeness (QED) is 0.153. The van der Waals surface area contributed by atoms with E-state index in [1.807, 2.05) is 72.8 Å². The molecule has 0 aliphatic heterocycles. The van der Waals surface area contributed by atoms with Crippen LogP contribution in [0, 0.1) is 0 Å². The maximum atomic E-state index is 13.6. The van der Waals surface area contributed by atoms with Crippen molar-refractivity contribution in [2.45, 2.75) is 11.8 Å². The standard InChI is InChI=1S/C25H16Br2N4O/c26-21-7-5-15-9-19(3-1-17(15)11-21)23(13-30-28)25(32)24(14-31-29)20-4-2-18-12-22(27)8-6-16(18)10-20/h1-14,23-24H. The third-order valence-electron chi connectivity index (χ3n) is 5.42. The fraction of sp³-hybridized carbons (Fsp3) is 0.0800. The summed E-state index contributed by atoms with van der Waals surface area (Å²) < 4.78 is 1.93. The summed E-state index contributed by atoms with van der Waals surface area (Å²) in [6, 6.07) is 23.1. The van der Waals surface area contributed by atoms with Crippen molar-refractivity contribution in [3.63, 3.8) is 0 Å². The molecular weight excluding hydrogens is 532 g/mol. The Morgan fingerprint density at radius 3 is 1.44 bits per heavy atom. The highest BCUT2D eigenvalue weighted by Gasteiger charge is 2.33. The van der Waals surface area contributed by atoms with Crippen molar-refractivity contribution in [3.05, 3.63) is 104 Å². The Morgan fingerprint density at radius 1 is 0.656 bits per heavy atom. The zero-order valence-electron chi connectivity index (χ0n) is 16.7. The largest absolute Gasteiger partial charge is 0.362 e. The predicted molar refractivity (Wildman–Crippen MR) is 133 cm³/mol. The molecule has 0 aliphatic rings. The summed E-state index contributed by atoms with van der Waals surface area (Å²) in [5.74, 6) is -1.91. The van der Waals surface area contributed by atoms with Gasteiger partial charge in [0.1, 0.15) is 11.8 Å². The Morgan fingerprint density at radius 2 is 1.03 bits per heavy atom. The van der Waals surface area contributed by atoms with Gasteiger partial charge in [-0.05, 0) is 69.1 Å². The Labute approximate surface area is 201 Å². The average Bonchev–Trinajstić information content (AvgIpc) is 2.80. The van der Waals surface area contributed by atoms with E-state index in [2.05, 4.69) is 41.4 Å². The van der Waals surface area contributed by atoms with Crippen LogP contribution in [0.3, 0.4) is 0 Å². The number of fused-ring (bicyclic) bond motifs is 2. The molecule has 32 heavy (non-hydrogen) atoms. The Kier molecular flexibility index (Phi) is 6.54. The van der Waals surface area contributed by atoms with E-state index in [1.165, 1.54) is 12.4 Å². The minimum atomic E-state index is -0.823. The van der Waals surface area contributed by atoms with Crippen LogP contribution in [0.5, 0.6) is 0 Å². The maximum absolute atomic E-state index is 13.6. The van der Waals surface area contributed by atoms with E-state index in [4.69, 9.17) is 0 Å². The fourth-order valence-corrected chi connectivity index (χ4v) is 4.59. The van der Waals surface area contributed by atoms with Crippen LogP contribution in [0.4, 0.5) is 0 Å². The van der Waals surface area contributed by atoms with Gasteiger partial charge in [0.25, 0.3) is 12.4 Å². The second kappa shape index (κ2) is 9.51. The number of halogens is 2. The van der Waals surface area contributed by atoms with Gasteiger partial charge in [-0.2, -0.15) is 9.58 Å². The molecule has 0 bridgehead atoms. The van der Waals surface area contributed by atoms with Gasteiger partial charge in [-0.3, -0.25) is 4.79 Å². The normalized spacial score (nSPS) is 12.6. The summed E-state index contributed by atoms with van der Waals surface area (Å²) in [6.07, 6.45) is 2.41. The summed E-state index contributed by atoms with van der Waals surface area (Å²) in [5, 5.41) is 3.95. The zero-order chi connectivity index (χ0) is 22.7. The van der Waals surface area contributed by atoms with E-state index in [0.717, 1.165) is 30.5 Å². The summed E-state index contributed by atoms with van der Waals surface area (Å²) in [7, 11) is 0. The van der Waals surface area contributed by atoms with Gasteiger partial charge in [0.15, 0.2) is 5.78 Å². The smallest absolute Gasteiger partial charge is 0.272 e. The number of hydrogen-bond acceptors (Lipinski definition) is 1. The van der Waals surface area contributed by atoms with Gasteiger partial charge in [-0.1, -0.05) is 68.3 Å². The highest BCUT2D eigenvalue weighted by Crippen LogP contribution is 2.30. The molecule has 0 saturated heterocycles. The van der Waals surface area contributed by atoms with Crippen molar-refractivity contribution in [2.24, 2.45) is 0 Å². The van der Waals surface area contributed by atoms with Gasteiger partial charge in [0.2, 0.25) is 0 Å². The lowest BCUT2D eigenvalue weighted by Gasteiger charge is -2.14. The van der Waals surface area contributed by atoms with Crippen molar-refractivity contribution in [2.75, 3.05) is 0 Å². The number of ketones is 1.